The third kappa shape index (κ3) is 6.15. The SMILES string of the molecule is Cc1ccccc1C(=O)NCC(C)(C)CNC(=S)Nc1cccnc1. The molecule has 6 heteroatoms. The molecule has 0 spiro atoms. The van der Waals surface area contributed by atoms with E-state index in [1.165, 1.54) is 0 Å². The smallest absolute Gasteiger partial charge is 0.251 e. The normalized spacial score (nSPS) is 10.8. The summed E-state index contributed by atoms with van der Waals surface area (Å²) in [5.74, 6) is -0.0535. The van der Waals surface area contributed by atoms with Crippen LogP contribution in [-0.4, -0.2) is 29.1 Å². The third-order valence-electron chi connectivity index (χ3n) is 3.76. The number of carbonyl (C=O) groups excluding carboxylic acids is 1. The number of nitrogens with zero attached hydrogens (tertiary/aromatic N) is 1. The van der Waals surface area contributed by atoms with Gasteiger partial charge in [0.1, 0.15) is 0 Å². The third-order valence-corrected chi connectivity index (χ3v) is 4.01. The molecule has 1 heterocycles. The lowest BCUT2D eigenvalue weighted by Gasteiger charge is -2.26. The Morgan fingerprint density at radius 3 is 2.52 bits per heavy atom. The number of hydrogen-bond donors (Lipinski definition) is 3. The Hall–Kier alpha value is -2.47. The first kappa shape index (κ1) is 18.9. The molecule has 0 atom stereocenters. The second-order valence-electron chi connectivity index (χ2n) is 6.71. The number of aromatic nitrogens is 1. The van der Waals surface area contributed by atoms with Gasteiger partial charge in [0.15, 0.2) is 5.11 Å². The maximum Gasteiger partial charge on any atom is 0.251 e. The largest absolute Gasteiger partial charge is 0.362 e. The van der Waals surface area contributed by atoms with Gasteiger partial charge in [-0.15, -0.1) is 0 Å². The van der Waals surface area contributed by atoms with Crippen LogP contribution in [0, 0.1) is 12.3 Å². The van der Waals surface area contributed by atoms with Crippen LogP contribution in [0.2, 0.25) is 0 Å². The molecule has 3 N–H and O–H groups in total. The standard InChI is InChI=1S/C19H24N4OS/c1-14-7-4-5-9-16(14)17(24)21-12-19(2,3)13-22-18(25)23-15-8-6-10-20-11-15/h4-11H,12-13H2,1-3H3,(H,21,24)(H2,22,23,25). The maximum absolute atomic E-state index is 12.3. The van der Waals surface area contributed by atoms with Crippen molar-refractivity contribution in [3.05, 3.63) is 59.9 Å². The van der Waals surface area contributed by atoms with Gasteiger partial charge in [-0.05, 0) is 48.3 Å². The van der Waals surface area contributed by atoms with Gasteiger partial charge in [0.25, 0.3) is 5.91 Å². The van der Waals surface area contributed by atoms with E-state index in [-0.39, 0.29) is 11.3 Å². The van der Waals surface area contributed by atoms with Crippen molar-refractivity contribution in [2.45, 2.75) is 20.8 Å². The van der Waals surface area contributed by atoms with Gasteiger partial charge >= 0.3 is 0 Å². The Morgan fingerprint density at radius 1 is 1.12 bits per heavy atom. The molecule has 0 aliphatic heterocycles. The fraction of sp³-hybridized carbons (Fsp3) is 0.316. The van der Waals surface area contributed by atoms with Crippen LogP contribution in [0.25, 0.3) is 0 Å². The van der Waals surface area contributed by atoms with E-state index in [1.807, 2.05) is 43.3 Å². The fourth-order valence-electron chi connectivity index (χ4n) is 2.24. The summed E-state index contributed by atoms with van der Waals surface area (Å²) in [6.45, 7) is 7.26. The quantitative estimate of drug-likeness (QED) is 0.694. The molecule has 0 radical (unpaired) electrons. The minimum absolute atomic E-state index is 0.0535. The molecule has 2 rings (SSSR count). The maximum atomic E-state index is 12.3. The van der Waals surface area contributed by atoms with Gasteiger partial charge in [-0.3, -0.25) is 9.78 Å². The second-order valence-corrected chi connectivity index (χ2v) is 7.12. The van der Waals surface area contributed by atoms with E-state index in [0.29, 0.717) is 23.8 Å². The monoisotopic (exact) mass is 356 g/mol. The van der Waals surface area contributed by atoms with Gasteiger partial charge in [-0.25, -0.2) is 0 Å². The van der Waals surface area contributed by atoms with Crippen LogP contribution >= 0.6 is 12.2 Å². The lowest BCUT2D eigenvalue weighted by molar-refractivity contribution is 0.0936. The molecule has 0 aliphatic rings. The van der Waals surface area contributed by atoms with E-state index in [9.17, 15) is 4.79 Å². The first-order valence-electron chi connectivity index (χ1n) is 8.16. The lowest BCUT2D eigenvalue weighted by Crippen LogP contribution is -2.43. The number of nitrogens with one attached hydrogen (secondary N) is 3. The molecule has 0 fully saturated rings. The average molecular weight is 356 g/mol. The molecule has 1 aromatic carbocycles. The van der Waals surface area contributed by atoms with Crippen LogP contribution in [0.15, 0.2) is 48.8 Å². The van der Waals surface area contributed by atoms with Crippen molar-refractivity contribution in [1.29, 1.82) is 0 Å². The summed E-state index contributed by atoms with van der Waals surface area (Å²) in [6.07, 6.45) is 3.42. The Morgan fingerprint density at radius 2 is 1.84 bits per heavy atom. The van der Waals surface area contributed by atoms with Crippen molar-refractivity contribution < 1.29 is 4.79 Å². The zero-order valence-electron chi connectivity index (χ0n) is 14.8. The first-order valence-corrected chi connectivity index (χ1v) is 8.57. The molecule has 5 nitrogen and oxygen atoms in total. The van der Waals surface area contributed by atoms with Gasteiger partial charge in [0, 0.05) is 24.8 Å². The molecule has 0 saturated heterocycles. The minimum atomic E-state index is -0.154. The van der Waals surface area contributed by atoms with Crippen LogP contribution in [0.1, 0.15) is 29.8 Å². The number of amides is 1. The number of thiocarbonyl (C=S) groups is 1. The molecule has 0 saturated carbocycles. The van der Waals surface area contributed by atoms with Gasteiger partial charge in [-0.2, -0.15) is 0 Å². The first-order chi connectivity index (χ1) is 11.9. The predicted molar refractivity (Wildman–Crippen MR) is 106 cm³/mol. The second kappa shape index (κ2) is 8.58. The van der Waals surface area contributed by atoms with Gasteiger partial charge in [0.05, 0.1) is 11.9 Å². The summed E-state index contributed by atoms with van der Waals surface area (Å²) in [6, 6.07) is 11.3. The lowest BCUT2D eigenvalue weighted by atomic mass is 9.93. The van der Waals surface area contributed by atoms with Crippen molar-refractivity contribution in [1.82, 2.24) is 15.6 Å². The molecule has 0 aliphatic carbocycles. The Bertz CT molecular complexity index is 731. The zero-order chi connectivity index (χ0) is 18.3. The van der Waals surface area contributed by atoms with Crippen molar-refractivity contribution in [2.24, 2.45) is 5.41 Å². The van der Waals surface area contributed by atoms with Crippen LogP contribution in [0.5, 0.6) is 0 Å². The van der Waals surface area contributed by atoms with Crippen molar-refractivity contribution in [2.75, 3.05) is 18.4 Å². The van der Waals surface area contributed by atoms with Crippen molar-refractivity contribution >= 4 is 28.9 Å². The average Bonchev–Trinajstić information content (AvgIpc) is 2.59. The Balaban J connectivity index is 1.80. The predicted octanol–water partition coefficient (Wildman–Crippen LogP) is 3.13. The molecule has 2 aromatic rings. The van der Waals surface area contributed by atoms with E-state index in [4.69, 9.17) is 12.2 Å². The van der Waals surface area contributed by atoms with Gasteiger partial charge in [-0.1, -0.05) is 32.0 Å². The molecule has 132 valence electrons. The highest BCUT2D eigenvalue weighted by molar-refractivity contribution is 7.80. The van der Waals surface area contributed by atoms with Crippen LogP contribution < -0.4 is 16.0 Å². The minimum Gasteiger partial charge on any atom is -0.362 e. The summed E-state index contributed by atoms with van der Waals surface area (Å²) < 4.78 is 0. The van der Waals surface area contributed by atoms with E-state index < -0.39 is 0 Å². The highest BCUT2D eigenvalue weighted by Gasteiger charge is 2.20. The van der Waals surface area contributed by atoms with E-state index in [0.717, 1.165) is 11.3 Å². The zero-order valence-corrected chi connectivity index (χ0v) is 15.6. The Kier molecular flexibility index (Phi) is 6.47. The van der Waals surface area contributed by atoms with Crippen LogP contribution in [0.4, 0.5) is 5.69 Å². The molecule has 0 unspecified atom stereocenters. The number of aryl methyl sites for hydroxylation is 1. The summed E-state index contributed by atoms with van der Waals surface area (Å²) in [4.78, 5) is 16.3. The molecular formula is C19H24N4OS. The number of carbonyl (C=O) groups is 1. The topological polar surface area (TPSA) is 66.1 Å². The fourth-order valence-corrected chi connectivity index (χ4v) is 2.43. The molecule has 0 bridgehead atoms. The summed E-state index contributed by atoms with van der Waals surface area (Å²) in [7, 11) is 0. The summed E-state index contributed by atoms with van der Waals surface area (Å²) >= 11 is 5.30. The van der Waals surface area contributed by atoms with E-state index >= 15 is 0 Å². The highest BCUT2D eigenvalue weighted by Crippen LogP contribution is 2.13. The summed E-state index contributed by atoms with van der Waals surface area (Å²) in [5.41, 5.74) is 2.36. The molecular weight excluding hydrogens is 332 g/mol. The van der Waals surface area contributed by atoms with Crippen LogP contribution in [0.3, 0.4) is 0 Å². The summed E-state index contributed by atoms with van der Waals surface area (Å²) in [5, 5.41) is 9.81. The van der Waals surface area contributed by atoms with Gasteiger partial charge in [0.2, 0.25) is 0 Å². The molecule has 1 aromatic heterocycles. The number of pyridine rings is 1. The van der Waals surface area contributed by atoms with E-state index in [1.54, 1.807) is 12.4 Å². The van der Waals surface area contributed by atoms with Crippen molar-refractivity contribution in [3.8, 4) is 0 Å². The van der Waals surface area contributed by atoms with Crippen molar-refractivity contribution in [3.63, 3.8) is 0 Å². The number of rotatable bonds is 6. The molecule has 1 amide bonds. The molecule has 25 heavy (non-hydrogen) atoms. The number of anilines is 1. The van der Waals surface area contributed by atoms with E-state index in [2.05, 4.69) is 34.8 Å². The van der Waals surface area contributed by atoms with Gasteiger partial charge < -0.3 is 16.0 Å². The Labute approximate surface area is 154 Å². The van der Waals surface area contributed by atoms with Crippen LogP contribution in [-0.2, 0) is 0 Å². The highest BCUT2D eigenvalue weighted by atomic mass is 32.1. The number of hydrogen-bond acceptors (Lipinski definition) is 3. The number of benzene rings is 1.